The third-order valence-electron chi connectivity index (χ3n) is 9.66. The molecule has 222 valence electrons. The first-order valence-electron chi connectivity index (χ1n) is 14.5. The minimum atomic E-state index is -1.29. The number of benzene rings is 2. The molecule has 3 aliphatic heterocycles. The second kappa shape index (κ2) is 11.0. The van der Waals surface area contributed by atoms with Crippen molar-refractivity contribution in [1.29, 1.82) is 0 Å². The molecule has 2 aromatic carbocycles. The lowest BCUT2D eigenvalue weighted by Crippen LogP contribution is -2.57. The van der Waals surface area contributed by atoms with Gasteiger partial charge >= 0.3 is 0 Å². The van der Waals surface area contributed by atoms with Crippen molar-refractivity contribution < 1.29 is 28.2 Å². The lowest BCUT2D eigenvalue weighted by Gasteiger charge is -2.38. The van der Waals surface area contributed by atoms with E-state index in [0.29, 0.717) is 23.3 Å². The second-order valence-electron chi connectivity index (χ2n) is 12.0. The molecular weight excluding hydrogens is 561 g/mol. The third-order valence-corrected chi connectivity index (χ3v) is 9.95. The molecule has 2 saturated heterocycles. The topological polar surface area (TPSA) is 97.0 Å². The van der Waals surface area contributed by atoms with Gasteiger partial charge < -0.3 is 25.0 Å². The SMILES string of the molecule is COc1ccc(CN2C(=O)C3C(C(=O)Nc4ccc(F)c(Cl)c4)C4C=CC3(O4)C2C(=O)NC2CCCC(C)C2C)cc1. The fourth-order valence-corrected chi connectivity index (χ4v) is 7.39. The van der Waals surface area contributed by atoms with Gasteiger partial charge in [0, 0.05) is 18.3 Å². The molecule has 1 aliphatic carbocycles. The standard InChI is InChI=1S/C32H35ClFN3O5/c1-17-5-4-6-24(18(17)2)36-30(39)28-32-14-13-25(42-32)26(29(38)35-20-9-12-23(34)22(33)15-20)27(32)31(40)37(28)16-19-7-10-21(41-3)11-8-19/h7-15,17-18,24-28H,4-6,16H2,1-3H3,(H,35,38)(H,36,39). The van der Waals surface area contributed by atoms with Crippen LogP contribution in [0, 0.1) is 29.5 Å². The Kier molecular flexibility index (Phi) is 7.51. The molecule has 8 nitrogen and oxygen atoms in total. The van der Waals surface area contributed by atoms with Crippen LogP contribution in [0.15, 0.2) is 54.6 Å². The maximum atomic E-state index is 14.2. The van der Waals surface area contributed by atoms with Gasteiger partial charge in [-0.05, 0) is 54.2 Å². The van der Waals surface area contributed by atoms with Crippen LogP contribution in [0.25, 0.3) is 0 Å². The summed E-state index contributed by atoms with van der Waals surface area (Å²) >= 11 is 5.92. The van der Waals surface area contributed by atoms with Crippen molar-refractivity contribution in [3.8, 4) is 5.75 Å². The van der Waals surface area contributed by atoms with Crippen molar-refractivity contribution >= 4 is 35.0 Å². The number of amides is 3. The Bertz CT molecular complexity index is 1430. The molecule has 1 saturated carbocycles. The zero-order chi connectivity index (χ0) is 29.8. The van der Waals surface area contributed by atoms with Gasteiger partial charge in [0.15, 0.2) is 0 Å². The Balaban J connectivity index is 1.32. The quantitative estimate of drug-likeness (QED) is 0.452. The number of anilines is 1. The molecule has 2 aromatic rings. The van der Waals surface area contributed by atoms with E-state index in [2.05, 4.69) is 24.5 Å². The van der Waals surface area contributed by atoms with E-state index in [1.165, 1.54) is 18.2 Å². The van der Waals surface area contributed by atoms with E-state index < -0.39 is 41.3 Å². The van der Waals surface area contributed by atoms with Gasteiger partial charge in [-0.15, -0.1) is 0 Å². The summed E-state index contributed by atoms with van der Waals surface area (Å²) in [7, 11) is 1.58. The number of hydrogen-bond donors (Lipinski definition) is 2. The van der Waals surface area contributed by atoms with Crippen LogP contribution in [0.5, 0.6) is 5.75 Å². The number of nitrogens with zero attached hydrogens (tertiary/aromatic N) is 1. The van der Waals surface area contributed by atoms with E-state index in [1.54, 1.807) is 36.3 Å². The number of nitrogens with one attached hydrogen (secondary N) is 2. The van der Waals surface area contributed by atoms with Crippen molar-refractivity contribution in [3.63, 3.8) is 0 Å². The molecule has 42 heavy (non-hydrogen) atoms. The Morgan fingerprint density at radius 3 is 2.62 bits per heavy atom. The summed E-state index contributed by atoms with van der Waals surface area (Å²) in [5.74, 6) is -1.98. The summed E-state index contributed by atoms with van der Waals surface area (Å²) in [6.07, 6.45) is 5.91. The maximum absolute atomic E-state index is 14.2. The number of hydrogen-bond acceptors (Lipinski definition) is 5. The van der Waals surface area contributed by atoms with Crippen molar-refractivity contribution in [2.45, 2.75) is 63.4 Å². The maximum Gasteiger partial charge on any atom is 0.246 e. The molecule has 2 N–H and O–H groups in total. The number of carbonyl (C=O) groups excluding carboxylic acids is 3. The molecule has 0 radical (unpaired) electrons. The number of rotatable bonds is 7. The highest BCUT2D eigenvalue weighted by atomic mass is 35.5. The normalized spacial score (nSPS) is 33.0. The molecule has 3 fully saturated rings. The lowest BCUT2D eigenvalue weighted by atomic mass is 9.73. The summed E-state index contributed by atoms with van der Waals surface area (Å²) in [5.41, 5.74) is -0.162. The molecule has 8 unspecified atom stereocenters. The molecule has 8 atom stereocenters. The zero-order valence-electron chi connectivity index (χ0n) is 23.8. The van der Waals surface area contributed by atoms with Crippen LogP contribution in [0.3, 0.4) is 0 Å². The van der Waals surface area contributed by atoms with Gasteiger partial charge in [-0.1, -0.05) is 62.6 Å². The molecule has 6 rings (SSSR count). The van der Waals surface area contributed by atoms with Crippen LogP contribution in [0.2, 0.25) is 5.02 Å². The first kappa shape index (κ1) is 28.7. The van der Waals surface area contributed by atoms with E-state index >= 15 is 0 Å². The number of carbonyl (C=O) groups is 3. The summed E-state index contributed by atoms with van der Waals surface area (Å²) in [5, 5.41) is 5.91. The van der Waals surface area contributed by atoms with Gasteiger partial charge in [0.2, 0.25) is 17.7 Å². The summed E-state index contributed by atoms with van der Waals surface area (Å²) in [4.78, 5) is 43.6. The van der Waals surface area contributed by atoms with Crippen molar-refractivity contribution in [2.24, 2.45) is 23.7 Å². The molecule has 0 aromatic heterocycles. The number of ether oxygens (including phenoxy) is 2. The minimum absolute atomic E-state index is 0.0143. The third kappa shape index (κ3) is 4.76. The Morgan fingerprint density at radius 2 is 1.90 bits per heavy atom. The fraction of sp³-hybridized carbons (Fsp3) is 0.469. The Labute approximate surface area is 249 Å². The van der Waals surface area contributed by atoms with Gasteiger partial charge in [0.05, 0.1) is 30.1 Å². The molecule has 1 spiro atoms. The highest BCUT2D eigenvalue weighted by Crippen LogP contribution is 2.55. The van der Waals surface area contributed by atoms with E-state index in [4.69, 9.17) is 21.1 Å². The molecule has 2 bridgehead atoms. The molecule has 3 amide bonds. The largest absolute Gasteiger partial charge is 0.497 e. The number of halogens is 2. The second-order valence-corrected chi connectivity index (χ2v) is 12.4. The number of likely N-dealkylation sites (tertiary alicyclic amines) is 1. The minimum Gasteiger partial charge on any atom is -0.497 e. The van der Waals surface area contributed by atoms with E-state index in [0.717, 1.165) is 24.8 Å². The zero-order valence-corrected chi connectivity index (χ0v) is 24.6. The Hall–Kier alpha value is -3.43. The van der Waals surface area contributed by atoms with Crippen LogP contribution in [0.1, 0.15) is 38.7 Å². The van der Waals surface area contributed by atoms with Crippen molar-refractivity contribution in [3.05, 3.63) is 71.0 Å². The van der Waals surface area contributed by atoms with Crippen LogP contribution in [-0.4, -0.2) is 53.5 Å². The summed E-state index contributed by atoms with van der Waals surface area (Å²) < 4.78 is 25.4. The molecular formula is C32H35ClFN3O5. The average Bonchev–Trinajstić information content (AvgIpc) is 3.61. The van der Waals surface area contributed by atoms with Crippen LogP contribution in [0.4, 0.5) is 10.1 Å². The number of methoxy groups -OCH3 is 1. The van der Waals surface area contributed by atoms with E-state index in [9.17, 15) is 18.8 Å². The lowest BCUT2D eigenvalue weighted by molar-refractivity contribution is -0.142. The smallest absolute Gasteiger partial charge is 0.246 e. The van der Waals surface area contributed by atoms with Gasteiger partial charge in [-0.2, -0.15) is 0 Å². The first-order chi connectivity index (χ1) is 20.1. The van der Waals surface area contributed by atoms with Gasteiger partial charge in [0.25, 0.3) is 0 Å². The monoisotopic (exact) mass is 595 g/mol. The Morgan fingerprint density at radius 1 is 1.14 bits per heavy atom. The predicted molar refractivity (Wildman–Crippen MR) is 155 cm³/mol. The molecule has 3 heterocycles. The average molecular weight is 596 g/mol. The molecule has 4 aliphatic rings. The predicted octanol–water partition coefficient (Wildman–Crippen LogP) is 4.72. The van der Waals surface area contributed by atoms with Crippen molar-refractivity contribution in [1.82, 2.24) is 10.2 Å². The number of fused-ring (bicyclic) bond motifs is 1. The van der Waals surface area contributed by atoms with Gasteiger partial charge in [-0.3, -0.25) is 14.4 Å². The van der Waals surface area contributed by atoms with Crippen molar-refractivity contribution in [2.75, 3.05) is 12.4 Å². The van der Waals surface area contributed by atoms with E-state index in [-0.39, 0.29) is 29.4 Å². The van der Waals surface area contributed by atoms with Crippen LogP contribution < -0.4 is 15.4 Å². The highest BCUT2D eigenvalue weighted by Gasteiger charge is 2.72. The highest BCUT2D eigenvalue weighted by molar-refractivity contribution is 6.31. The van der Waals surface area contributed by atoms with Gasteiger partial charge in [-0.25, -0.2) is 4.39 Å². The summed E-state index contributed by atoms with van der Waals surface area (Å²) in [6, 6.07) is 10.3. The first-order valence-corrected chi connectivity index (χ1v) is 14.9. The summed E-state index contributed by atoms with van der Waals surface area (Å²) in [6.45, 7) is 4.53. The fourth-order valence-electron chi connectivity index (χ4n) is 7.21. The van der Waals surface area contributed by atoms with Crippen LogP contribution >= 0.6 is 11.6 Å². The van der Waals surface area contributed by atoms with E-state index in [1.807, 2.05) is 12.1 Å². The molecule has 10 heteroatoms. The van der Waals surface area contributed by atoms with Crippen LogP contribution in [-0.2, 0) is 25.7 Å². The van der Waals surface area contributed by atoms with Gasteiger partial charge in [0.1, 0.15) is 23.2 Å².